The summed E-state index contributed by atoms with van der Waals surface area (Å²) in [5.74, 6) is 0.0922. The second kappa shape index (κ2) is 7.96. The standard InChI is InChI=1S/C21H23N3O4S/c1-29(26,27)17-6-4-5-16(13-17)22-21(25)20-18-7-2-3-8-19(18)23-24(20)14-15-9-11-28-12-10-15/h2-8,13,15H,9-12,14H2,1H3,(H,22,25). The van der Waals surface area contributed by atoms with Crippen molar-refractivity contribution in [3.8, 4) is 0 Å². The molecule has 1 aliphatic rings. The molecule has 0 radical (unpaired) electrons. The predicted molar refractivity (Wildman–Crippen MR) is 111 cm³/mol. The molecule has 152 valence electrons. The van der Waals surface area contributed by atoms with Crippen LogP contribution in [0.4, 0.5) is 5.69 Å². The number of rotatable bonds is 5. The van der Waals surface area contributed by atoms with Gasteiger partial charge in [-0.05, 0) is 43.0 Å². The van der Waals surface area contributed by atoms with E-state index < -0.39 is 9.84 Å². The summed E-state index contributed by atoms with van der Waals surface area (Å²) in [5, 5.41) is 8.26. The Hall–Kier alpha value is -2.71. The predicted octanol–water partition coefficient (Wildman–Crippen LogP) is 3.12. The molecule has 1 saturated heterocycles. The van der Waals surface area contributed by atoms with E-state index in [4.69, 9.17) is 4.74 Å². The minimum atomic E-state index is -3.36. The van der Waals surface area contributed by atoms with Gasteiger partial charge in [0.1, 0.15) is 5.69 Å². The van der Waals surface area contributed by atoms with Gasteiger partial charge in [-0.2, -0.15) is 5.10 Å². The van der Waals surface area contributed by atoms with E-state index in [0.29, 0.717) is 23.8 Å². The molecule has 0 aliphatic carbocycles. The van der Waals surface area contributed by atoms with Crippen LogP contribution < -0.4 is 5.32 Å². The zero-order chi connectivity index (χ0) is 20.4. The molecule has 1 amide bonds. The number of ether oxygens (including phenoxy) is 1. The topological polar surface area (TPSA) is 90.3 Å². The number of aromatic nitrogens is 2. The highest BCUT2D eigenvalue weighted by Crippen LogP contribution is 2.24. The van der Waals surface area contributed by atoms with Gasteiger partial charge in [0.25, 0.3) is 5.91 Å². The molecule has 2 aromatic carbocycles. The maximum atomic E-state index is 13.2. The minimum absolute atomic E-state index is 0.163. The van der Waals surface area contributed by atoms with Gasteiger partial charge in [-0.15, -0.1) is 0 Å². The average molecular weight is 413 g/mol. The smallest absolute Gasteiger partial charge is 0.274 e. The number of nitrogens with one attached hydrogen (secondary N) is 1. The van der Waals surface area contributed by atoms with Crippen molar-refractivity contribution in [1.29, 1.82) is 0 Å². The first-order valence-corrected chi connectivity index (χ1v) is 11.5. The maximum absolute atomic E-state index is 13.2. The molecule has 0 bridgehead atoms. The van der Waals surface area contributed by atoms with Gasteiger partial charge >= 0.3 is 0 Å². The van der Waals surface area contributed by atoms with Crippen molar-refractivity contribution >= 4 is 32.3 Å². The molecule has 4 rings (SSSR count). The summed E-state index contributed by atoms with van der Waals surface area (Å²) in [5.41, 5.74) is 1.67. The molecule has 0 spiro atoms. The van der Waals surface area contributed by atoms with Crippen molar-refractivity contribution in [3.63, 3.8) is 0 Å². The molecule has 0 unspecified atom stereocenters. The number of amides is 1. The average Bonchev–Trinajstić information content (AvgIpc) is 3.06. The van der Waals surface area contributed by atoms with Crippen LogP contribution in [0.3, 0.4) is 0 Å². The summed E-state index contributed by atoms with van der Waals surface area (Å²) < 4.78 is 30.8. The van der Waals surface area contributed by atoms with Gasteiger partial charge in [-0.3, -0.25) is 9.48 Å². The van der Waals surface area contributed by atoms with Gasteiger partial charge < -0.3 is 10.1 Å². The van der Waals surface area contributed by atoms with Gasteiger partial charge in [0.2, 0.25) is 0 Å². The fraction of sp³-hybridized carbons (Fsp3) is 0.333. The molecule has 1 fully saturated rings. The number of carbonyl (C=O) groups excluding carboxylic acids is 1. The second-order valence-corrected chi connectivity index (χ2v) is 9.37. The number of hydrogen-bond acceptors (Lipinski definition) is 5. The van der Waals surface area contributed by atoms with E-state index in [2.05, 4.69) is 10.4 Å². The van der Waals surface area contributed by atoms with Crippen molar-refractivity contribution in [3.05, 3.63) is 54.2 Å². The first-order chi connectivity index (χ1) is 13.9. The third-order valence-electron chi connectivity index (χ3n) is 5.15. The van der Waals surface area contributed by atoms with Crippen LogP contribution in [-0.2, 0) is 21.1 Å². The fourth-order valence-electron chi connectivity index (χ4n) is 3.62. The third kappa shape index (κ3) is 4.33. The Labute approximate surface area is 169 Å². The monoisotopic (exact) mass is 413 g/mol. The number of nitrogens with zero attached hydrogens (tertiary/aromatic N) is 2. The highest BCUT2D eigenvalue weighted by Gasteiger charge is 2.22. The van der Waals surface area contributed by atoms with Crippen molar-refractivity contribution in [2.24, 2.45) is 5.92 Å². The summed E-state index contributed by atoms with van der Waals surface area (Å²) in [6.45, 7) is 2.10. The lowest BCUT2D eigenvalue weighted by Gasteiger charge is -2.22. The van der Waals surface area contributed by atoms with Crippen LogP contribution in [-0.4, -0.2) is 43.6 Å². The maximum Gasteiger partial charge on any atom is 0.274 e. The van der Waals surface area contributed by atoms with Crippen molar-refractivity contribution in [2.45, 2.75) is 24.3 Å². The number of hydrogen-bond donors (Lipinski definition) is 1. The lowest BCUT2D eigenvalue weighted by molar-refractivity contribution is 0.0598. The molecular formula is C21H23N3O4S. The summed E-state index contributed by atoms with van der Waals surface area (Å²) in [4.78, 5) is 13.3. The Bertz CT molecular complexity index is 1150. The van der Waals surface area contributed by atoms with Crippen LogP contribution in [0.25, 0.3) is 10.9 Å². The normalized spacial score (nSPS) is 15.5. The van der Waals surface area contributed by atoms with E-state index in [1.165, 1.54) is 12.1 Å². The number of carbonyl (C=O) groups is 1. The molecule has 0 atom stereocenters. The molecule has 1 N–H and O–H groups in total. The van der Waals surface area contributed by atoms with Gasteiger partial charge in [0.15, 0.2) is 9.84 Å². The Balaban J connectivity index is 1.67. The van der Waals surface area contributed by atoms with Crippen molar-refractivity contribution in [2.75, 3.05) is 24.8 Å². The highest BCUT2D eigenvalue weighted by atomic mass is 32.2. The van der Waals surface area contributed by atoms with Gasteiger partial charge in [-0.1, -0.05) is 24.3 Å². The van der Waals surface area contributed by atoms with E-state index in [9.17, 15) is 13.2 Å². The zero-order valence-corrected chi connectivity index (χ0v) is 17.0. The van der Waals surface area contributed by atoms with E-state index in [1.54, 1.807) is 16.8 Å². The van der Waals surface area contributed by atoms with E-state index in [-0.39, 0.29) is 10.8 Å². The minimum Gasteiger partial charge on any atom is -0.381 e. The van der Waals surface area contributed by atoms with E-state index >= 15 is 0 Å². The molecule has 1 aromatic heterocycles. The lowest BCUT2D eigenvalue weighted by atomic mass is 10.0. The number of sulfone groups is 1. The van der Waals surface area contributed by atoms with Gasteiger partial charge in [0.05, 0.1) is 10.4 Å². The molecule has 0 saturated carbocycles. The summed E-state index contributed by atoms with van der Waals surface area (Å²) in [6, 6.07) is 13.8. The Morgan fingerprint density at radius 3 is 2.69 bits per heavy atom. The van der Waals surface area contributed by atoms with E-state index in [0.717, 1.165) is 43.2 Å². The number of fused-ring (bicyclic) bond motifs is 1. The van der Waals surface area contributed by atoms with Crippen molar-refractivity contribution in [1.82, 2.24) is 9.78 Å². The first-order valence-electron chi connectivity index (χ1n) is 9.56. The quantitative estimate of drug-likeness (QED) is 0.694. The van der Waals surface area contributed by atoms with Crippen LogP contribution in [0.2, 0.25) is 0 Å². The van der Waals surface area contributed by atoms with Crippen molar-refractivity contribution < 1.29 is 17.9 Å². The van der Waals surface area contributed by atoms with E-state index in [1.807, 2.05) is 24.3 Å². The molecule has 7 nitrogen and oxygen atoms in total. The molecule has 2 heterocycles. The Kier molecular flexibility index (Phi) is 5.38. The number of benzene rings is 2. The fourth-order valence-corrected chi connectivity index (χ4v) is 4.29. The molecule has 8 heteroatoms. The molecular weight excluding hydrogens is 390 g/mol. The van der Waals surface area contributed by atoms with Gasteiger partial charge in [0, 0.05) is 37.1 Å². The van der Waals surface area contributed by atoms with Crippen LogP contribution in [0.15, 0.2) is 53.4 Å². The SMILES string of the molecule is CS(=O)(=O)c1cccc(NC(=O)c2c3ccccc3nn2CC2CCOCC2)c1. The highest BCUT2D eigenvalue weighted by molar-refractivity contribution is 7.90. The van der Waals surface area contributed by atoms with Crippen LogP contribution >= 0.6 is 0 Å². The number of anilines is 1. The Morgan fingerprint density at radius 1 is 1.17 bits per heavy atom. The third-order valence-corrected chi connectivity index (χ3v) is 6.26. The Morgan fingerprint density at radius 2 is 1.93 bits per heavy atom. The van der Waals surface area contributed by atoms with Crippen LogP contribution in [0.1, 0.15) is 23.3 Å². The lowest BCUT2D eigenvalue weighted by Crippen LogP contribution is -2.24. The molecule has 3 aromatic rings. The molecule has 1 aliphatic heterocycles. The second-order valence-electron chi connectivity index (χ2n) is 7.36. The largest absolute Gasteiger partial charge is 0.381 e. The summed E-state index contributed by atoms with van der Waals surface area (Å²) in [6.07, 6.45) is 3.02. The summed E-state index contributed by atoms with van der Waals surface area (Å²) >= 11 is 0. The summed E-state index contributed by atoms with van der Waals surface area (Å²) in [7, 11) is -3.36. The van der Waals surface area contributed by atoms with Crippen LogP contribution in [0, 0.1) is 5.92 Å². The first kappa shape index (κ1) is 19.6. The molecule has 29 heavy (non-hydrogen) atoms. The van der Waals surface area contributed by atoms with Gasteiger partial charge in [-0.25, -0.2) is 8.42 Å². The zero-order valence-electron chi connectivity index (χ0n) is 16.2. The van der Waals surface area contributed by atoms with Crippen LogP contribution in [0.5, 0.6) is 0 Å².